The van der Waals surface area contributed by atoms with Gasteiger partial charge in [0.25, 0.3) is 0 Å². The first-order chi connectivity index (χ1) is 10.8. The fourth-order valence-corrected chi connectivity index (χ4v) is 3.08. The van der Waals surface area contributed by atoms with Crippen molar-refractivity contribution in [2.75, 3.05) is 33.5 Å². The molecule has 0 radical (unpaired) electrons. The summed E-state index contributed by atoms with van der Waals surface area (Å²) in [6.07, 6.45) is 4.03. The summed E-state index contributed by atoms with van der Waals surface area (Å²) in [5.41, 5.74) is 2.81. The molecule has 1 aromatic carbocycles. The van der Waals surface area contributed by atoms with Gasteiger partial charge in [0.05, 0.1) is 13.2 Å². The van der Waals surface area contributed by atoms with Crippen LogP contribution in [0.15, 0.2) is 24.3 Å². The first-order valence-electron chi connectivity index (χ1n) is 8.19. The number of hydrogen-bond acceptors (Lipinski definition) is 3. The number of benzene rings is 1. The second kappa shape index (κ2) is 8.91. The van der Waals surface area contributed by atoms with Crippen LogP contribution < -0.4 is 0 Å². The molecule has 2 rings (SSSR count). The Labute approximate surface area is 133 Å². The van der Waals surface area contributed by atoms with Crippen molar-refractivity contribution >= 4 is 5.91 Å². The average molecular weight is 305 g/mol. The summed E-state index contributed by atoms with van der Waals surface area (Å²) in [7, 11) is 1.63. The molecule has 0 saturated carbocycles. The van der Waals surface area contributed by atoms with Crippen molar-refractivity contribution in [2.24, 2.45) is 0 Å². The Hall–Kier alpha value is -1.39. The molecule has 0 spiro atoms. The van der Waals surface area contributed by atoms with E-state index in [2.05, 4.69) is 31.2 Å². The molecule has 0 aliphatic heterocycles. The van der Waals surface area contributed by atoms with Crippen LogP contribution in [-0.2, 0) is 27.1 Å². The highest BCUT2D eigenvalue weighted by Crippen LogP contribution is 2.24. The SMILES string of the molecule is CCCN(C(=O)COCCOC)C1CCc2ccccc2C1. The number of methoxy groups -OCH3 is 1. The van der Waals surface area contributed by atoms with Crippen LogP contribution in [0.3, 0.4) is 0 Å². The molecule has 4 heteroatoms. The van der Waals surface area contributed by atoms with E-state index < -0.39 is 0 Å². The lowest BCUT2D eigenvalue weighted by atomic mass is 9.87. The number of carbonyl (C=O) groups excluding carboxylic acids is 1. The number of hydrogen-bond donors (Lipinski definition) is 0. The van der Waals surface area contributed by atoms with E-state index in [9.17, 15) is 4.79 Å². The zero-order valence-electron chi connectivity index (χ0n) is 13.7. The molecule has 1 aliphatic rings. The minimum absolute atomic E-state index is 0.0994. The second-order valence-corrected chi connectivity index (χ2v) is 5.80. The fraction of sp³-hybridized carbons (Fsp3) is 0.611. The molecule has 4 nitrogen and oxygen atoms in total. The van der Waals surface area contributed by atoms with E-state index >= 15 is 0 Å². The molecule has 0 N–H and O–H groups in total. The van der Waals surface area contributed by atoms with Crippen LogP contribution in [-0.4, -0.2) is 50.3 Å². The van der Waals surface area contributed by atoms with Gasteiger partial charge in [-0.25, -0.2) is 0 Å². The third-order valence-corrected chi connectivity index (χ3v) is 4.20. The highest BCUT2D eigenvalue weighted by atomic mass is 16.5. The van der Waals surface area contributed by atoms with Crippen molar-refractivity contribution in [1.29, 1.82) is 0 Å². The predicted octanol–water partition coefficient (Wildman–Crippen LogP) is 2.45. The van der Waals surface area contributed by atoms with Gasteiger partial charge < -0.3 is 14.4 Å². The molecule has 22 heavy (non-hydrogen) atoms. The molecular weight excluding hydrogens is 278 g/mol. The fourth-order valence-electron chi connectivity index (χ4n) is 3.08. The molecule has 0 heterocycles. The van der Waals surface area contributed by atoms with E-state index in [0.29, 0.717) is 19.3 Å². The van der Waals surface area contributed by atoms with Crippen molar-refractivity contribution in [3.8, 4) is 0 Å². The first kappa shape index (κ1) is 17.0. The largest absolute Gasteiger partial charge is 0.382 e. The second-order valence-electron chi connectivity index (χ2n) is 5.80. The average Bonchev–Trinajstić information content (AvgIpc) is 2.56. The van der Waals surface area contributed by atoms with Crippen LogP contribution in [0, 0.1) is 0 Å². The maximum Gasteiger partial charge on any atom is 0.248 e. The maximum absolute atomic E-state index is 12.5. The normalized spacial score (nSPS) is 17.1. The third-order valence-electron chi connectivity index (χ3n) is 4.20. The molecular formula is C18H27NO3. The molecule has 0 fully saturated rings. The van der Waals surface area contributed by atoms with Crippen molar-refractivity contribution in [3.05, 3.63) is 35.4 Å². The van der Waals surface area contributed by atoms with E-state index in [0.717, 1.165) is 32.2 Å². The summed E-state index contributed by atoms with van der Waals surface area (Å²) in [5.74, 6) is 0.0994. The molecule has 0 saturated heterocycles. The topological polar surface area (TPSA) is 38.8 Å². The summed E-state index contributed by atoms with van der Waals surface area (Å²) in [4.78, 5) is 14.5. The molecule has 1 aromatic rings. The van der Waals surface area contributed by atoms with Crippen LogP contribution in [0.5, 0.6) is 0 Å². The number of aryl methyl sites for hydroxylation is 1. The van der Waals surface area contributed by atoms with Crippen LogP contribution in [0.2, 0.25) is 0 Å². The molecule has 122 valence electrons. The molecule has 0 aromatic heterocycles. The molecule has 1 unspecified atom stereocenters. The Morgan fingerprint density at radius 2 is 2.05 bits per heavy atom. The summed E-state index contributed by atoms with van der Waals surface area (Å²) in [6, 6.07) is 8.86. The van der Waals surface area contributed by atoms with E-state index in [1.807, 2.05) is 4.90 Å². The number of nitrogens with zero attached hydrogens (tertiary/aromatic N) is 1. The monoisotopic (exact) mass is 305 g/mol. The van der Waals surface area contributed by atoms with Gasteiger partial charge in [0.15, 0.2) is 0 Å². The number of carbonyl (C=O) groups is 1. The van der Waals surface area contributed by atoms with Crippen LogP contribution >= 0.6 is 0 Å². The van der Waals surface area contributed by atoms with Gasteiger partial charge in [-0.15, -0.1) is 0 Å². The third kappa shape index (κ3) is 4.55. The summed E-state index contributed by atoms with van der Waals surface area (Å²) >= 11 is 0. The van der Waals surface area contributed by atoms with Crippen LogP contribution in [0.4, 0.5) is 0 Å². The zero-order valence-corrected chi connectivity index (χ0v) is 13.7. The van der Waals surface area contributed by atoms with Gasteiger partial charge in [0.2, 0.25) is 5.91 Å². The first-order valence-corrected chi connectivity index (χ1v) is 8.19. The predicted molar refractivity (Wildman–Crippen MR) is 87.0 cm³/mol. The van der Waals surface area contributed by atoms with Gasteiger partial charge in [-0.1, -0.05) is 31.2 Å². The summed E-state index contributed by atoms with van der Waals surface area (Å²) in [5, 5.41) is 0. The molecule has 1 aliphatic carbocycles. The maximum atomic E-state index is 12.5. The smallest absolute Gasteiger partial charge is 0.248 e. The Balaban J connectivity index is 1.95. The molecule has 1 atom stereocenters. The Morgan fingerprint density at radius 3 is 2.77 bits per heavy atom. The minimum atomic E-state index is 0.0994. The van der Waals surface area contributed by atoms with Crippen LogP contribution in [0.1, 0.15) is 30.9 Å². The highest BCUT2D eigenvalue weighted by molar-refractivity contribution is 5.77. The van der Waals surface area contributed by atoms with E-state index in [-0.39, 0.29) is 12.5 Å². The van der Waals surface area contributed by atoms with Gasteiger partial charge in [0, 0.05) is 19.7 Å². The van der Waals surface area contributed by atoms with Crippen molar-refractivity contribution in [1.82, 2.24) is 4.90 Å². The van der Waals surface area contributed by atoms with Crippen molar-refractivity contribution in [2.45, 2.75) is 38.6 Å². The molecule has 1 amide bonds. The van der Waals surface area contributed by atoms with Gasteiger partial charge in [-0.3, -0.25) is 4.79 Å². The van der Waals surface area contributed by atoms with Crippen molar-refractivity contribution in [3.63, 3.8) is 0 Å². The quantitative estimate of drug-likeness (QED) is 0.693. The zero-order chi connectivity index (χ0) is 15.8. The van der Waals surface area contributed by atoms with Crippen LogP contribution in [0.25, 0.3) is 0 Å². The number of rotatable bonds is 8. The Bertz CT molecular complexity index is 475. The van der Waals surface area contributed by atoms with Gasteiger partial charge in [-0.2, -0.15) is 0 Å². The van der Waals surface area contributed by atoms with E-state index in [1.165, 1.54) is 11.1 Å². The summed E-state index contributed by atoms with van der Waals surface area (Å²) < 4.78 is 10.3. The number of amides is 1. The van der Waals surface area contributed by atoms with Gasteiger partial charge in [0.1, 0.15) is 6.61 Å². The minimum Gasteiger partial charge on any atom is -0.382 e. The Kier molecular flexibility index (Phi) is 6.87. The lowest BCUT2D eigenvalue weighted by Crippen LogP contribution is -2.45. The summed E-state index contributed by atoms with van der Waals surface area (Å²) in [6.45, 7) is 4.07. The lowest BCUT2D eigenvalue weighted by Gasteiger charge is -2.35. The number of ether oxygens (including phenoxy) is 2. The molecule has 0 bridgehead atoms. The van der Waals surface area contributed by atoms with E-state index in [1.54, 1.807) is 7.11 Å². The number of fused-ring (bicyclic) bond motifs is 1. The van der Waals surface area contributed by atoms with Gasteiger partial charge >= 0.3 is 0 Å². The van der Waals surface area contributed by atoms with Gasteiger partial charge in [-0.05, 0) is 36.8 Å². The Morgan fingerprint density at radius 1 is 1.27 bits per heavy atom. The standard InChI is InChI=1S/C18H27NO3/c1-3-10-19(18(20)14-22-12-11-21-2)17-9-8-15-6-4-5-7-16(15)13-17/h4-7,17H,3,8-14H2,1-2H3. The van der Waals surface area contributed by atoms with E-state index in [4.69, 9.17) is 9.47 Å². The lowest BCUT2D eigenvalue weighted by molar-refractivity contribution is -0.139. The van der Waals surface area contributed by atoms with Crippen molar-refractivity contribution < 1.29 is 14.3 Å². The highest BCUT2D eigenvalue weighted by Gasteiger charge is 2.26.